The third-order valence-corrected chi connectivity index (χ3v) is 3.21. The van der Waals surface area contributed by atoms with Crippen LogP contribution in [0.25, 0.3) is 10.9 Å². The molecule has 0 unspecified atom stereocenters. The van der Waals surface area contributed by atoms with E-state index >= 15 is 0 Å². The fourth-order valence-corrected chi connectivity index (χ4v) is 2.12. The maximum Gasteiger partial charge on any atom is 0.279 e. The number of nitrogens with zero attached hydrogens (tertiary/aromatic N) is 2. The van der Waals surface area contributed by atoms with Gasteiger partial charge in [0.25, 0.3) is 5.56 Å². The Kier molecular flexibility index (Phi) is 3.65. The summed E-state index contributed by atoms with van der Waals surface area (Å²) in [7, 11) is 0. The molecule has 0 atom stereocenters. The van der Waals surface area contributed by atoms with Crippen molar-refractivity contribution >= 4 is 10.9 Å². The Morgan fingerprint density at radius 2 is 2.11 bits per heavy atom. The third-order valence-electron chi connectivity index (χ3n) is 3.21. The second-order valence-electron chi connectivity index (χ2n) is 4.63. The van der Waals surface area contributed by atoms with Crippen LogP contribution in [0.5, 0.6) is 0 Å². The number of nitrogens with two attached hydrogens (primary N) is 1. The van der Waals surface area contributed by atoms with Crippen molar-refractivity contribution in [3.8, 4) is 0 Å². The van der Waals surface area contributed by atoms with Crippen molar-refractivity contribution in [2.45, 2.75) is 39.5 Å². The number of hydrogen-bond donors (Lipinski definition) is 1. The van der Waals surface area contributed by atoms with Crippen LogP contribution in [0.15, 0.2) is 23.0 Å². The van der Waals surface area contributed by atoms with Crippen LogP contribution in [0.4, 0.5) is 0 Å². The predicted molar refractivity (Wildman–Crippen MR) is 74.1 cm³/mol. The van der Waals surface area contributed by atoms with Gasteiger partial charge in [0, 0.05) is 6.42 Å². The van der Waals surface area contributed by atoms with E-state index in [0.717, 1.165) is 36.8 Å². The molecular weight excluding hydrogens is 226 g/mol. The van der Waals surface area contributed by atoms with E-state index in [9.17, 15) is 4.79 Å². The average Bonchev–Trinajstić information content (AvgIpc) is 2.36. The zero-order chi connectivity index (χ0) is 13.1. The number of hydrogen-bond acceptors (Lipinski definition) is 3. The predicted octanol–water partition coefficient (Wildman–Crippen LogP) is 2.15. The highest BCUT2D eigenvalue weighted by molar-refractivity contribution is 5.80. The lowest BCUT2D eigenvalue weighted by Crippen LogP contribution is -2.31. The highest BCUT2D eigenvalue weighted by Gasteiger charge is 2.09. The van der Waals surface area contributed by atoms with E-state index in [2.05, 4.69) is 11.9 Å². The van der Waals surface area contributed by atoms with Gasteiger partial charge in [-0.05, 0) is 25.0 Å². The molecule has 4 nitrogen and oxygen atoms in total. The Bertz CT molecular complexity index is 616. The number of unbranched alkanes of at least 4 members (excludes halogenated alkanes) is 2. The zero-order valence-corrected chi connectivity index (χ0v) is 10.9. The SMILES string of the molecule is CCCCCc1nc2c(C)cccc2c(=O)n1N. The van der Waals surface area contributed by atoms with Gasteiger partial charge < -0.3 is 5.84 Å². The number of aromatic nitrogens is 2. The molecule has 0 fully saturated rings. The first kappa shape index (κ1) is 12.6. The lowest BCUT2D eigenvalue weighted by atomic mass is 10.1. The maximum absolute atomic E-state index is 12.1. The molecule has 0 aliphatic heterocycles. The van der Waals surface area contributed by atoms with Gasteiger partial charge in [0.1, 0.15) is 5.82 Å². The summed E-state index contributed by atoms with van der Waals surface area (Å²) >= 11 is 0. The Balaban J connectivity index is 2.52. The second kappa shape index (κ2) is 5.21. The molecule has 1 aromatic heterocycles. The molecule has 2 rings (SSSR count). The second-order valence-corrected chi connectivity index (χ2v) is 4.63. The van der Waals surface area contributed by atoms with Crippen molar-refractivity contribution in [2.24, 2.45) is 0 Å². The van der Waals surface area contributed by atoms with Crippen LogP contribution in [-0.2, 0) is 6.42 Å². The molecule has 18 heavy (non-hydrogen) atoms. The van der Waals surface area contributed by atoms with Crippen LogP contribution in [0, 0.1) is 6.92 Å². The van der Waals surface area contributed by atoms with Crippen LogP contribution >= 0.6 is 0 Å². The molecular formula is C14H19N3O. The van der Waals surface area contributed by atoms with Gasteiger partial charge in [0.15, 0.2) is 0 Å². The van der Waals surface area contributed by atoms with Gasteiger partial charge in [-0.15, -0.1) is 0 Å². The molecule has 2 aromatic rings. The molecule has 0 spiro atoms. The largest absolute Gasteiger partial charge is 0.335 e. The maximum atomic E-state index is 12.1. The fraction of sp³-hybridized carbons (Fsp3) is 0.429. The van der Waals surface area contributed by atoms with E-state index in [1.54, 1.807) is 6.07 Å². The highest BCUT2D eigenvalue weighted by Crippen LogP contribution is 2.13. The topological polar surface area (TPSA) is 60.9 Å². The molecule has 1 heterocycles. The van der Waals surface area contributed by atoms with Crippen molar-refractivity contribution in [1.82, 2.24) is 9.66 Å². The number of benzene rings is 1. The Hall–Kier alpha value is -1.84. The van der Waals surface area contributed by atoms with Crippen LogP contribution in [0.1, 0.15) is 37.6 Å². The summed E-state index contributed by atoms with van der Waals surface area (Å²) in [6, 6.07) is 5.60. The Labute approximate surface area is 106 Å². The fourth-order valence-electron chi connectivity index (χ4n) is 2.12. The van der Waals surface area contributed by atoms with Gasteiger partial charge in [0.2, 0.25) is 0 Å². The molecule has 2 N–H and O–H groups in total. The molecule has 0 aliphatic carbocycles. The number of nitrogen functional groups attached to an aromatic ring is 1. The van der Waals surface area contributed by atoms with E-state index in [1.807, 2.05) is 19.1 Å². The van der Waals surface area contributed by atoms with Crippen molar-refractivity contribution in [2.75, 3.05) is 5.84 Å². The summed E-state index contributed by atoms with van der Waals surface area (Å²) < 4.78 is 1.19. The molecule has 96 valence electrons. The highest BCUT2D eigenvalue weighted by atomic mass is 16.1. The van der Waals surface area contributed by atoms with Crippen molar-refractivity contribution in [3.05, 3.63) is 39.9 Å². The first-order valence-electron chi connectivity index (χ1n) is 6.41. The third kappa shape index (κ3) is 2.23. The first-order valence-corrected chi connectivity index (χ1v) is 6.41. The van der Waals surface area contributed by atoms with Gasteiger partial charge in [-0.2, -0.15) is 0 Å². The van der Waals surface area contributed by atoms with Crippen molar-refractivity contribution < 1.29 is 0 Å². The summed E-state index contributed by atoms with van der Waals surface area (Å²) in [4.78, 5) is 16.7. The van der Waals surface area contributed by atoms with E-state index in [4.69, 9.17) is 5.84 Å². The van der Waals surface area contributed by atoms with Crippen LogP contribution in [0.3, 0.4) is 0 Å². The van der Waals surface area contributed by atoms with E-state index < -0.39 is 0 Å². The van der Waals surface area contributed by atoms with Crippen LogP contribution in [-0.4, -0.2) is 9.66 Å². The van der Waals surface area contributed by atoms with E-state index in [-0.39, 0.29) is 5.56 Å². The number of aryl methyl sites for hydroxylation is 2. The lowest BCUT2D eigenvalue weighted by Gasteiger charge is -2.09. The lowest BCUT2D eigenvalue weighted by molar-refractivity contribution is 0.668. The minimum atomic E-state index is -0.157. The average molecular weight is 245 g/mol. The van der Waals surface area contributed by atoms with Crippen molar-refractivity contribution in [3.63, 3.8) is 0 Å². The zero-order valence-electron chi connectivity index (χ0n) is 10.9. The van der Waals surface area contributed by atoms with Crippen molar-refractivity contribution in [1.29, 1.82) is 0 Å². The van der Waals surface area contributed by atoms with Gasteiger partial charge in [0.05, 0.1) is 10.9 Å². The molecule has 0 amide bonds. The minimum absolute atomic E-state index is 0.157. The number of para-hydroxylation sites is 1. The normalized spacial score (nSPS) is 11.0. The quantitative estimate of drug-likeness (QED) is 0.663. The molecule has 4 heteroatoms. The summed E-state index contributed by atoms with van der Waals surface area (Å²) in [5.41, 5.74) is 1.63. The molecule has 0 bridgehead atoms. The van der Waals surface area contributed by atoms with Crippen LogP contribution in [0.2, 0.25) is 0 Å². The van der Waals surface area contributed by atoms with Gasteiger partial charge in [-0.25, -0.2) is 9.66 Å². The van der Waals surface area contributed by atoms with Gasteiger partial charge >= 0.3 is 0 Å². The summed E-state index contributed by atoms with van der Waals surface area (Å²) in [6.07, 6.45) is 4.03. The van der Waals surface area contributed by atoms with Gasteiger partial charge in [-0.3, -0.25) is 4.79 Å². The molecule has 0 saturated carbocycles. The summed E-state index contributed by atoms with van der Waals surface area (Å²) in [6.45, 7) is 4.11. The molecule has 0 saturated heterocycles. The summed E-state index contributed by atoms with van der Waals surface area (Å²) in [5, 5.41) is 0.594. The number of rotatable bonds is 4. The first-order chi connectivity index (χ1) is 8.65. The smallest absolute Gasteiger partial charge is 0.279 e. The van der Waals surface area contributed by atoms with E-state index in [1.165, 1.54) is 4.68 Å². The Morgan fingerprint density at radius 3 is 2.83 bits per heavy atom. The summed E-state index contributed by atoms with van der Waals surface area (Å²) in [5.74, 6) is 6.50. The number of fused-ring (bicyclic) bond motifs is 1. The monoisotopic (exact) mass is 245 g/mol. The van der Waals surface area contributed by atoms with E-state index in [0.29, 0.717) is 11.2 Å². The van der Waals surface area contributed by atoms with Crippen LogP contribution < -0.4 is 11.4 Å². The molecule has 0 radical (unpaired) electrons. The standard InChI is InChI=1S/C14H19N3O/c1-3-4-5-9-12-16-13-10(2)7-6-8-11(13)14(18)17(12)15/h6-8H,3-5,9,15H2,1-2H3. The van der Waals surface area contributed by atoms with Gasteiger partial charge in [-0.1, -0.05) is 31.9 Å². The minimum Gasteiger partial charge on any atom is -0.335 e. The molecule has 1 aromatic carbocycles. The molecule has 0 aliphatic rings. The Morgan fingerprint density at radius 1 is 1.33 bits per heavy atom.